The van der Waals surface area contributed by atoms with Gasteiger partial charge in [0.25, 0.3) is 0 Å². The van der Waals surface area contributed by atoms with Gasteiger partial charge >= 0.3 is 0 Å². The molecule has 0 radical (unpaired) electrons. The van der Waals surface area contributed by atoms with Crippen molar-refractivity contribution in [3.63, 3.8) is 0 Å². The van der Waals surface area contributed by atoms with Crippen molar-refractivity contribution in [3.8, 4) is 5.75 Å². The monoisotopic (exact) mass is 405 g/mol. The Balaban J connectivity index is 2.37. The zero-order chi connectivity index (χ0) is 19.5. The van der Waals surface area contributed by atoms with Gasteiger partial charge in [-0.1, -0.05) is 0 Å². The van der Waals surface area contributed by atoms with E-state index in [4.69, 9.17) is 9.47 Å². The fourth-order valence-electron chi connectivity index (χ4n) is 3.12. The quantitative estimate of drug-likeness (QED) is 0.641. The van der Waals surface area contributed by atoms with E-state index < -0.39 is 31.0 Å². The van der Waals surface area contributed by atoms with Gasteiger partial charge in [-0.15, -0.1) is 0 Å². The van der Waals surface area contributed by atoms with Crippen molar-refractivity contribution in [1.82, 2.24) is 5.32 Å². The van der Waals surface area contributed by atoms with E-state index in [0.29, 0.717) is 19.6 Å². The van der Waals surface area contributed by atoms with E-state index in [9.17, 15) is 16.8 Å². The molecule has 0 unspecified atom stereocenters. The predicted molar refractivity (Wildman–Crippen MR) is 100 cm³/mol. The molecule has 0 spiro atoms. The molecule has 148 valence electrons. The highest BCUT2D eigenvalue weighted by Gasteiger charge is 2.46. The molecule has 0 aromatic heterocycles. The summed E-state index contributed by atoms with van der Waals surface area (Å²) in [7, 11) is -4.32. The molecule has 26 heavy (non-hydrogen) atoms. The zero-order valence-electron chi connectivity index (χ0n) is 15.6. The van der Waals surface area contributed by atoms with Crippen molar-refractivity contribution in [3.05, 3.63) is 23.3 Å². The lowest BCUT2D eigenvalue weighted by atomic mass is 10.1. The summed E-state index contributed by atoms with van der Waals surface area (Å²) >= 11 is 0. The van der Waals surface area contributed by atoms with Crippen LogP contribution in [0.5, 0.6) is 5.75 Å². The molecule has 1 aliphatic rings. The number of ether oxygens (including phenoxy) is 2. The van der Waals surface area contributed by atoms with E-state index >= 15 is 0 Å². The molecule has 0 saturated carbocycles. The number of aryl methyl sites for hydroxylation is 2. The van der Waals surface area contributed by atoms with E-state index in [2.05, 4.69) is 5.32 Å². The molecular formula is C17H27NO6S2. The maximum absolute atomic E-state index is 13.3. The molecule has 7 nitrogen and oxygen atoms in total. The number of benzene rings is 1. The van der Waals surface area contributed by atoms with Crippen LogP contribution >= 0.6 is 0 Å². The fraction of sp³-hybridized carbons (Fsp3) is 0.647. The molecule has 2 rings (SSSR count). The Morgan fingerprint density at radius 2 is 1.81 bits per heavy atom. The van der Waals surface area contributed by atoms with Gasteiger partial charge in [0.05, 0.1) is 23.9 Å². The van der Waals surface area contributed by atoms with Crippen molar-refractivity contribution >= 4 is 19.7 Å². The average molecular weight is 406 g/mol. The van der Waals surface area contributed by atoms with Gasteiger partial charge in [0.1, 0.15) is 10.6 Å². The second-order valence-corrected chi connectivity index (χ2v) is 10.9. The van der Waals surface area contributed by atoms with Crippen LogP contribution in [0.1, 0.15) is 17.5 Å². The van der Waals surface area contributed by atoms with Crippen LogP contribution in [0.25, 0.3) is 0 Å². The Hall–Kier alpha value is -1.16. The number of sulfone groups is 2. The summed E-state index contributed by atoms with van der Waals surface area (Å²) in [5, 5.41) is 2.05. The van der Waals surface area contributed by atoms with Gasteiger partial charge in [-0.2, -0.15) is 0 Å². The van der Waals surface area contributed by atoms with Crippen molar-refractivity contribution in [1.29, 1.82) is 0 Å². The molecule has 1 aromatic carbocycles. The average Bonchev–Trinajstić information content (AvgIpc) is 2.89. The topological polar surface area (TPSA) is 98.8 Å². The van der Waals surface area contributed by atoms with Gasteiger partial charge in [0.15, 0.2) is 19.7 Å². The Labute approximate surface area is 155 Å². The van der Waals surface area contributed by atoms with Crippen LogP contribution in [-0.4, -0.2) is 67.0 Å². The third kappa shape index (κ3) is 4.57. The lowest BCUT2D eigenvalue weighted by Gasteiger charge is -2.21. The highest BCUT2D eigenvalue weighted by Crippen LogP contribution is 2.33. The number of methoxy groups -OCH3 is 2. The minimum absolute atomic E-state index is 0.0499. The maximum atomic E-state index is 13.3. The maximum Gasteiger partial charge on any atom is 0.187 e. The van der Waals surface area contributed by atoms with Gasteiger partial charge in [-0.25, -0.2) is 16.8 Å². The number of hydrogen-bond donors (Lipinski definition) is 1. The number of nitrogens with one attached hydrogen (secondary N) is 1. The first kappa shape index (κ1) is 21.1. The van der Waals surface area contributed by atoms with Gasteiger partial charge in [0, 0.05) is 19.8 Å². The fourth-order valence-corrected chi connectivity index (χ4v) is 8.07. The minimum Gasteiger partial charge on any atom is -0.495 e. The van der Waals surface area contributed by atoms with E-state index in [1.807, 2.05) is 13.8 Å². The van der Waals surface area contributed by atoms with Crippen molar-refractivity contribution in [2.75, 3.05) is 38.9 Å². The first-order valence-corrected chi connectivity index (χ1v) is 11.8. The first-order chi connectivity index (χ1) is 12.1. The van der Waals surface area contributed by atoms with Crippen LogP contribution in [0, 0.1) is 13.8 Å². The van der Waals surface area contributed by atoms with Crippen LogP contribution in [0.15, 0.2) is 17.0 Å². The third-order valence-electron chi connectivity index (χ3n) is 4.72. The van der Waals surface area contributed by atoms with Crippen molar-refractivity contribution in [2.24, 2.45) is 0 Å². The van der Waals surface area contributed by atoms with E-state index in [1.165, 1.54) is 7.11 Å². The van der Waals surface area contributed by atoms with E-state index in [0.717, 1.165) is 11.1 Å². The molecule has 1 aromatic rings. The molecular weight excluding hydrogens is 378 g/mol. The molecule has 9 heteroatoms. The summed E-state index contributed by atoms with van der Waals surface area (Å²) in [6.45, 7) is 4.70. The normalized spacial score (nSPS) is 22.5. The van der Waals surface area contributed by atoms with Crippen molar-refractivity contribution < 1.29 is 26.3 Å². The van der Waals surface area contributed by atoms with Crippen LogP contribution in [0.4, 0.5) is 0 Å². The Morgan fingerprint density at radius 3 is 2.42 bits per heavy atom. The standard InChI is InChI=1S/C17H27NO6S2/c1-12-8-15(24-4)16(9-13(12)2)26(21,22)17-11-25(19,20)10-14(17)18-6-5-7-23-3/h8-9,14,17-18H,5-7,10-11H2,1-4H3/t14-,17-/m0/s1. The Kier molecular flexibility index (Phi) is 6.70. The SMILES string of the molecule is COCCCN[C@H]1CS(=O)(=O)C[C@@H]1S(=O)(=O)c1cc(C)c(C)cc1OC. The summed E-state index contributed by atoms with van der Waals surface area (Å²) < 4.78 is 61.0. The highest BCUT2D eigenvalue weighted by atomic mass is 32.2. The molecule has 1 N–H and O–H groups in total. The van der Waals surface area contributed by atoms with Crippen LogP contribution in [-0.2, 0) is 24.4 Å². The number of hydrogen-bond acceptors (Lipinski definition) is 7. The lowest BCUT2D eigenvalue weighted by Crippen LogP contribution is -2.44. The van der Waals surface area contributed by atoms with Crippen LogP contribution in [0.2, 0.25) is 0 Å². The largest absolute Gasteiger partial charge is 0.495 e. The second kappa shape index (κ2) is 8.24. The van der Waals surface area contributed by atoms with E-state index in [1.54, 1.807) is 19.2 Å². The van der Waals surface area contributed by atoms with Gasteiger partial charge < -0.3 is 14.8 Å². The van der Waals surface area contributed by atoms with E-state index in [-0.39, 0.29) is 22.2 Å². The van der Waals surface area contributed by atoms with Gasteiger partial charge in [-0.3, -0.25) is 0 Å². The zero-order valence-corrected chi connectivity index (χ0v) is 17.2. The molecule has 0 aliphatic carbocycles. The molecule has 0 bridgehead atoms. The minimum atomic E-state index is -3.88. The van der Waals surface area contributed by atoms with Crippen LogP contribution < -0.4 is 10.1 Å². The van der Waals surface area contributed by atoms with Crippen molar-refractivity contribution in [2.45, 2.75) is 36.5 Å². The molecule has 1 saturated heterocycles. The smallest absolute Gasteiger partial charge is 0.187 e. The molecule has 1 heterocycles. The summed E-state index contributed by atoms with van der Waals surface area (Å²) in [6, 6.07) is 2.59. The Bertz CT molecular complexity index is 848. The molecule has 2 atom stereocenters. The summed E-state index contributed by atoms with van der Waals surface area (Å²) in [5.41, 5.74) is 1.73. The van der Waals surface area contributed by atoms with Gasteiger partial charge in [0.2, 0.25) is 0 Å². The molecule has 1 aliphatic heterocycles. The summed E-state index contributed by atoms with van der Waals surface area (Å²) in [5.74, 6) is -0.319. The highest BCUT2D eigenvalue weighted by molar-refractivity contribution is 7.96. The molecule has 1 fully saturated rings. The second-order valence-electron chi connectivity index (χ2n) is 6.65. The third-order valence-corrected chi connectivity index (χ3v) is 8.89. The lowest BCUT2D eigenvalue weighted by molar-refractivity contribution is 0.193. The summed E-state index contributed by atoms with van der Waals surface area (Å²) in [6.07, 6.45) is 0.673. The predicted octanol–water partition coefficient (Wildman–Crippen LogP) is 0.877. The number of rotatable bonds is 8. The Morgan fingerprint density at radius 1 is 1.15 bits per heavy atom. The first-order valence-electron chi connectivity index (χ1n) is 8.44. The van der Waals surface area contributed by atoms with Gasteiger partial charge in [-0.05, 0) is 50.1 Å². The molecule has 0 amide bonds. The summed E-state index contributed by atoms with van der Waals surface area (Å²) in [4.78, 5) is 0.0499. The van der Waals surface area contributed by atoms with Crippen LogP contribution in [0.3, 0.4) is 0 Å².